The molecular formula is C30H25NOS. The van der Waals surface area contributed by atoms with Crippen molar-refractivity contribution in [3.63, 3.8) is 0 Å². The Labute approximate surface area is 200 Å². The van der Waals surface area contributed by atoms with Crippen LogP contribution in [-0.2, 0) is 4.79 Å². The van der Waals surface area contributed by atoms with E-state index in [4.69, 9.17) is 0 Å². The van der Waals surface area contributed by atoms with E-state index in [1.807, 2.05) is 24.3 Å². The van der Waals surface area contributed by atoms with E-state index in [2.05, 4.69) is 103 Å². The molecule has 3 heteroatoms. The maximum atomic E-state index is 11.2. The van der Waals surface area contributed by atoms with Crippen molar-refractivity contribution in [3.8, 4) is 11.8 Å². The van der Waals surface area contributed by atoms with Crippen molar-refractivity contribution in [2.24, 2.45) is 0 Å². The predicted molar refractivity (Wildman–Crippen MR) is 140 cm³/mol. The van der Waals surface area contributed by atoms with E-state index in [1.54, 1.807) is 6.92 Å². The van der Waals surface area contributed by atoms with Crippen LogP contribution in [0.15, 0.2) is 102 Å². The molecule has 0 amide bonds. The van der Waals surface area contributed by atoms with Crippen molar-refractivity contribution in [1.82, 2.24) is 0 Å². The molecule has 0 heterocycles. The molecule has 0 aliphatic rings. The van der Waals surface area contributed by atoms with Crippen molar-refractivity contribution in [1.29, 1.82) is 0 Å². The second kappa shape index (κ2) is 10.3. The standard InChI is InChI=1S/C30H25NOS/c1-22-4-14-27(15-5-22)31(28-16-6-23(2)7-17-28)29-18-10-25(11-19-29)8-9-26-12-20-30(21-13-26)33-24(3)32/h4-7,10-21H,1-3H3. The van der Waals surface area contributed by atoms with Crippen LogP contribution in [0.5, 0.6) is 0 Å². The van der Waals surface area contributed by atoms with Crippen LogP contribution in [0.3, 0.4) is 0 Å². The minimum atomic E-state index is 0.0826. The van der Waals surface area contributed by atoms with Crippen LogP contribution in [0, 0.1) is 25.7 Å². The Hall–Kier alpha value is -3.74. The third-order valence-corrected chi connectivity index (χ3v) is 5.97. The highest BCUT2D eigenvalue weighted by Gasteiger charge is 2.12. The van der Waals surface area contributed by atoms with E-state index in [-0.39, 0.29) is 5.12 Å². The Balaban J connectivity index is 1.59. The van der Waals surface area contributed by atoms with E-state index in [1.165, 1.54) is 22.9 Å². The molecule has 0 saturated heterocycles. The summed E-state index contributed by atoms with van der Waals surface area (Å²) in [5, 5.41) is 0.0826. The first-order valence-corrected chi connectivity index (χ1v) is 11.6. The van der Waals surface area contributed by atoms with Gasteiger partial charge >= 0.3 is 0 Å². The highest BCUT2D eigenvalue weighted by molar-refractivity contribution is 8.13. The van der Waals surface area contributed by atoms with E-state index in [9.17, 15) is 4.79 Å². The Morgan fingerprint density at radius 3 is 1.36 bits per heavy atom. The molecule has 4 rings (SSSR count). The average molecular weight is 448 g/mol. The van der Waals surface area contributed by atoms with Gasteiger partial charge in [0.2, 0.25) is 0 Å². The first-order chi connectivity index (χ1) is 16.0. The zero-order valence-corrected chi connectivity index (χ0v) is 19.8. The van der Waals surface area contributed by atoms with Gasteiger partial charge in [0.1, 0.15) is 0 Å². The fourth-order valence-electron chi connectivity index (χ4n) is 3.45. The van der Waals surface area contributed by atoms with Gasteiger partial charge in [0.05, 0.1) is 0 Å². The second-order valence-corrected chi connectivity index (χ2v) is 9.17. The van der Waals surface area contributed by atoms with Gasteiger partial charge in [0.25, 0.3) is 0 Å². The fraction of sp³-hybridized carbons (Fsp3) is 0.100. The second-order valence-electron chi connectivity index (χ2n) is 7.92. The van der Waals surface area contributed by atoms with Crippen LogP contribution in [0.2, 0.25) is 0 Å². The summed E-state index contributed by atoms with van der Waals surface area (Å²) in [6, 6.07) is 33.2. The van der Waals surface area contributed by atoms with Gasteiger partial charge in [-0.2, -0.15) is 0 Å². The summed E-state index contributed by atoms with van der Waals surface area (Å²) in [6.45, 7) is 5.77. The van der Waals surface area contributed by atoms with E-state index >= 15 is 0 Å². The Bertz CT molecular complexity index is 1250. The number of hydrogen-bond acceptors (Lipinski definition) is 3. The van der Waals surface area contributed by atoms with Crippen LogP contribution in [0.4, 0.5) is 17.1 Å². The van der Waals surface area contributed by atoms with E-state index < -0.39 is 0 Å². The number of thioether (sulfide) groups is 1. The molecule has 4 aromatic rings. The number of carbonyl (C=O) groups excluding carboxylic acids is 1. The molecule has 0 saturated carbocycles. The Kier molecular flexibility index (Phi) is 6.98. The summed E-state index contributed by atoms with van der Waals surface area (Å²) in [6.07, 6.45) is 0. The van der Waals surface area contributed by atoms with Gasteiger partial charge in [-0.3, -0.25) is 4.79 Å². The molecule has 0 aromatic heterocycles. The molecule has 0 aliphatic heterocycles. The smallest absolute Gasteiger partial charge is 0.190 e. The molecule has 0 unspecified atom stereocenters. The SMILES string of the molecule is CC(=O)Sc1ccc(C#Cc2ccc(N(c3ccc(C)cc3)c3ccc(C)cc3)cc2)cc1. The summed E-state index contributed by atoms with van der Waals surface area (Å²) in [5.74, 6) is 6.45. The predicted octanol–water partition coefficient (Wildman–Crippen LogP) is 7.81. The summed E-state index contributed by atoms with van der Waals surface area (Å²) in [5.41, 5.74) is 7.67. The number of anilines is 3. The van der Waals surface area contributed by atoms with Gasteiger partial charge in [0.15, 0.2) is 5.12 Å². The van der Waals surface area contributed by atoms with Gasteiger partial charge in [-0.05, 0) is 86.6 Å². The lowest BCUT2D eigenvalue weighted by molar-refractivity contribution is -0.109. The van der Waals surface area contributed by atoms with Gasteiger partial charge in [-0.1, -0.05) is 59.0 Å². The van der Waals surface area contributed by atoms with Crippen molar-refractivity contribution >= 4 is 33.9 Å². The minimum absolute atomic E-state index is 0.0826. The first kappa shape index (κ1) is 22.5. The minimum Gasteiger partial charge on any atom is -0.311 e. The average Bonchev–Trinajstić information content (AvgIpc) is 2.82. The number of aryl methyl sites for hydroxylation is 2. The molecule has 0 radical (unpaired) electrons. The zero-order valence-electron chi connectivity index (χ0n) is 19.0. The van der Waals surface area contributed by atoms with Crippen molar-refractivity contribution in [2.75, 3.05) is 4.90 Å². The van der Waals surface area contributed by atoms with Crippen LogP contribution in [-0.4, -0.2) is 5.12 Å². The molecule has 0 spiro atoms. The van der Waals surface area contributed by atoms with Crippen LogP contribution < -0.4 is 4.90 Å². The quantitative estimate of drug-likeness (QED) is 0.235. The molecule has 0 bridgehead atoms. The Morgan fingerprint density at radius 1 is 0.606 bits per heavy atom. The Morgan fingerprint density at radius 2 is 0.970 bits per heavy atom. The number of hydrogen-bond donors (Lipinski definition) is 0. The van der Waals surface area contributed by atoms with Crippen LogP contribution in [0.25, 0.3) is 0 Å². The normalized spacial score (nSPS) is 10.3. The molecule has 4 aromatic carbocycles. The summed E-state index contributed by atoms with van der Waals surface area (Å²) < 4.78 is 0. The zero-order chi connectivity index (χ0) is 23.2. The molecule has 0 N–H and O–H groups in total. The highest BCUT2D eigenvalue weighted by Crippen LogP contribution is 2.34. The first-order valence-electron chi connectivity index (χ1n) is 10.8. The van der Waals surface area contributed by atoms with E-state index in [0.717, 1.165) is 33.1 Å². The number of benzene rings is 4. The summed E-state index contributed by atoms with van der Waals surface area (Å²) in [7, 11) is 0. The topological polar surface area (TPSA) is 20.3 Å². The van der Waals surface area contributed by atoms with Crippen LogP contribution in [0.1, 0.15) is 29.2 Å². The molecular weight excluding hydrogens is 422 g/mol. The van der Waals surface area contributed by atoms with Gasteiger partial charge in [-0.25, -0.2) is 0 Å². The lowest BCUT2D eigenvalue weighted by atomic mass is 10.1. The number of carbonyl (C=O) groups is 1. The van der Waals surface area contributed by atoms with Gasteiger partial charge in [0, 0.05) is 40.0 Å². The van der Waals surface area contributed by atoms with Crippen molar-refractivity contribution in [3.05, 3.63) is 119 Å². The largest absolute Gasteiger partial charge is 0.311 e. The van der Waals surface area contributed by atoms with Gasteiger partial charge in [-0.15, -0.1) is 0 Å². The fourth-order valence-corrected chi connectivity index (χ4v) is 4.05. The van der Waals surface area contributed by atoms with Crippen LogP contribution >= 0.6 is 11.8 Å². The van der Waals surface area contributed by atoms with E-state index in [0.29, 0.717) is 0 Å². The lowest BCUT2D eigenvalue weighted by Gasteiger charge is -2.25. The molecule has 0 aliphatic carbocycles. The highest BCUT2D eigenvalue weighted by atomic mass is 32.2. The molecule has 33 heavy (non-hydrogen) atoms. The molecule has 0 fully saturated rings. The third kappa shape index (κ3) is 5.94. The van der Waals surface area contributed by atoms with Gasteiger partial charge < -0.3 is 4.90 Å². The van der Waals surface area contributed by atoms with Crippen molar-refractivity contribution < 1.29 is 4.79 Å². The number of nitrogens with zero attached hydrogens (tertiary/aromatic N) is 1. The third-order valence-electron chi connectivity index (χ3n) is 5.18. The molecule has 0 atom stereocenters. The molecule has 162 valence electrons. The number of rotatable bonds is 4. The summed E-state index contributed by atoms with van der Waals surface area (Å²) >= 11 is 1.23. The maximum Gasteiger partial charge on any atom is 0.190 e. The lowest BCUT2D eigenvalue weighted by Crippen LogP contribution is -2.09. The maximum absolute atomic E-state index is 11.2. The van der Waals surface area contributed by atoms with Crippen molar-refractivity contribution in [2.45, 2.75) is 25.7 Å². The monoisotopic (exact) mass is 447 g/mol. The summed E-state index contributed by atoms with van der Waals surface area (Å²) in [4.78, 5) is 14.4. The molecule has 2 nitrogen and oxygen atoms in total.